The standard InChI is InChI=1S/C20H15N3O3S2/c1-12(13-7-3-2-4-8-13)27-20-23-22-19(28-20)21-17(24)15-11-14-9-5-6-10-16(14)26-18(15)25/h2-12H,1H3,(H,21,22,24)/t12-/m0/s1. The van der Waals surface area contributed by atoms with E-state index in [0.29, 0.717) is 16.1 Å². The molecule has 0 spiro atoms. The molecular weight excluding hydrogens is 394 g/mol. The van der Waals surface area contributed by atoms with Crippen molar-refractivity contribution in [3.05, 3.63) is 82.2 Å². The lowest BCUT2D eigenvalue weighted by Gasteiger charge is -2.08. The number of amides is 1. The van der Waals surface area contributed by atoms with Crippen LogP contribution in [0.4, 0.5) is 5.13 Å². The number of benzene rings is 2. The number of para-hydroxylation sites is 1. The molecule has 140 valence electrons. The van der Waals surface area contributed by atoms with E-state index in [1.54, 1.807) is 30.0 Å². The van der Waals surface area contributed by atoms with Crippen molar-refractivity contribution >= 4 is 45.1 Å². The van der Waals surface area contributed by atoms with E-state index < -0.39 is 11.5 Å². The summed E-state index contributed by atoms with van der Waals surface area (Å²) in [6.45, 7) is 2.08. The van der Waals surface area contributed by atoms with E-state index >= 15 is 0 Å². The zero-order valence-corrected chi connectivity index (χ0v) is 16.4. The summed E-state index contributed by atoms with van der Waals surface area (Å²) < 4.78 is 5.94. The molecule has 1 N–H and O–H groups in total. The van der Waals surface area contributed by atoms with Gasteiger partial charge in [0.05, 0.1) is 0 Å². The summed E-state index contributed by atoms with van der Waals surface area (Å²) in [5, 5.41) is 12.0. The van der Waals surface area contributed by atoms with Crippen LogP contribution in [0.2, 0.25) is 0 Å². The Labute approximate surface area is 168 Å². The highest BCUT2D eigenvalue weighted by Gasteiger charge is 2.17. The second-order valence-electron chi connectivity index (χ2n) is 5.98. The molecule has 1 atom stereocenters. The monoisotopic (exact) mass is 409 g/mol. The normalized spacial score (nSPS) is 12.0. The Morgan fingerprint density at radius 3 is 2.68 bits per heavy atom. The summed E-state index contributed by atoms with van der Waals surface area (Å²) in [7, 11) is 0. The number of aromatic nitrogens is 2. The smallest absolute Gasteiger partial charge is 0.349 e. The average Bonchev–Trinajstić information content (AvgIpc) is 3.14. The molecule has 0 saturated heterocycles. The van der Waals surface area contributed by atoms with E-state index in [9.17, 15) is 9.59 Å². The third-order valence-corrected chi connectivity index (χ3v) is 6.14. The van der Waals surface area contributed by atoms with E-state index in [-0.39, 0.29) is 10.8 Å². The molecule has 0 aliphatic carbocycles. The van der Waals surface area contributed by atoms with Crippen molar-refractivity contribution in [3.63, 3.8) is 0 Å². The maximum atomic E-state index is 12.5. The van der Waals surface area contributed by atoms with Gasteiger partial charge >= 0.3 is 5.63 Å². The summed E-state index contributed by atoms with van der Waals surface area (Å²) in [6.07, 6.45) is 0. The Morgan fingerprint density at radius 2 is 1.86 bits per heavy atom. The summed E-state index contributed by atoms with van der Waals surface area (Å²) in [5.74, 6) is -0.566. The molecule has 1 amide bonds. The molecule has 0 bridgehead atoms. The van der Waals surface area contributed by atoms with E-state index in [4.69, 9.17) is 4.42 Å². The molecule has 4 aromatic rings. The predicted octanol–water partition coefficient (Wildman–Crippen LogP) is 4.75. The van der Waals surface area contributed by atoms with E-state index in [1.165, 1.54) is 23.0 Å². The van der Waals surface area contributed by atoms with Crippen LogP contribution in [0.5, 0.6) is 0 Å². The van der Waals surface area contributed by atoms with Gasteiger partial charge in [0.2, 0.25) is 5.13 Å². The zero-order valence-electron chi connectivity index (χ0n) is 14.8. The van der Waals surface area contributed by atoms with Gasteiger partial charge in [0.1, 0.15) is 11.1 Å². The molecule has 8 heteroatoms. The maximum Gasteiger partial charge on any atom is 0.349 e. The lowest BCUT2D eigenvalue weighted by Crippen LogP contribution is -2.20. The fourth-order valence-electron chi connectivity index (χ4n) is 2.64. The minimum Gasteiger partial charge on any atom is -0.422 e. The lowest BCUT2D eigenvalue weighted by molar-refractivity contribution is 0.102. The Bertz CT molecular complexity index is 1190. The molecule has 0 radical (unpaired) electrons. The highest BCUT2D eigenvalue weighted by molar-refractivity contribution is 8.01. The maximum absolute atomic E-state index is 12.5. The number of fused-ring (bicyclic) bond motifs is 1. The quantitative estimate of drug-likeness (QED) is 0.291. The average molecular weight is 409 g/mol. The third kappa shape index (κ3) is 3.97. The molecule has 4 rings (SSSR count). The van der Waals surface area contributed by atoms with Crippen molar-refractivity contribution in [2.75, 3.05) is 5.32 Å². The summed E-state index contributed by atoms with van der Waals surface area (Å²) in [5.41, 5.74) is 0.865. The highest BCUT2D eigenvalue weighted by Crippen LogP contribution is 2.37. The fraction of sp³-hybridized carbons (Fsp3) is 0.100. The number of rotatable bonds is 5. The molecule has 2 aromatic heterocycles. The second kappa shape index (κ2) is 7.95. The van der Waals surface area contributed by atoms with Gasteiger partial charge in [0.25, 0.3) is 5.91 Å². The van der Waals surface area contributed by atoms with Crippen LogP contribution in [0, 0.1) is 0 Å². The largest absolute Gasteiger partial charge is 0.422 e. The lowest BCUT2D eigenvalue weighted by atomic mass is 10.2. The molecule has 0 saturated carbocycles. The van der Waals surface area contributed by atoms with Crippen molar-refractivity contribution in [1.29, 1.82) is 0 Å². The molecule has 0 fully saturated rings. The van der Waals surface area contributed by atoms with Gasteiger partial charge in [0, 0.05) is 10.6 Å². The van der Waals surface area contributed by atoms with E-state index in [0.717, 1.165) is 4.34 Å². The van der Waals surface area contributed by atoms with Crippen molar-refractivity contribution in [1.82, 2.24) is 10.2 Å². The molecule has 0 aliphatic rings. The van der Waals surface area contributed by atoms with Gasteiger partial charge in [0.15, 0.2) is 4.34 Å². The van der Waals surface area contributed by atoms with Crippen LogP contribution in [0.15, 0.2) is 74.2 Å². The first-order valence-corrected chi connectivity index (χ1v) is 10.2. The third-order valence-electron chi connectivity index (χ3n) is 4.06. The Morgan fingerprint density at radius 1 is 1.11 bits per heavy atom. The van der Waals surface area contributed by atoms with Crippen LogP contribution >= 0.6 is 23.1 Å². The van der Waals surface area contributed by atoms with Crippen LogP contribution < -0.4 is 10.9 Å². The van der Waals surface area contributed by atoms with Crippen LogP contribution in [-0.2, 0) is 0 Å². The SMILES string of the molecule is C[C@H](Sc1nnc(NC(=O)c2cc3ccccc3oc2=O)s1)c1ccccc1. The van der Waals surface area contributed by atoms with Gasteiger partial charge in [-0.2, -0.15) is 0 Å². The first-order chi connectivity index (χ1) is 13.6. The number of thioether (sulfide) groups is 1. The number of anilines is 1. The minimum absolute atomic E-state index is 0.0687. The van der Waals surface area contributed by atoms with Crippen molar-refractivity contribution < 1.29 is 9.21 Å². The Balaban J connectivity index is 1.49. The van der Waals surface area contributed by atoms with Gasteiger partial charge in [-0.15, -0.1) is 10.2 Å². The predicted molar refractivity (Wildman–Crippen MR) is 111 cm³/mol. The van der Waals surface area contributed by atoms with Crippen LogP contribution in [0.3, 0.4) is 0 Å². The number of carbonyl (C=O) groups is 1. The summed E-state index contributed by atoms with van der Waals surface area (Å²) >= 11 is 2.82. The topological polar surface area (TPSA) is 85.1 Å². The highest BCUT2D eigenvalue weighted by atomic mass is 32.2. The Kier molecular flexibility index (Phi) is 5.23. The van der Waals surface area contributed by atoms with Gasteiger partial charge in [-0.05, 0) is 24.6 Å². The fourth-order valence-corrected chi connectivity index (χ4v) is 4.65. The number of nitrogens with one attached hydrogen (secondary N) is 1. The molecule has 28 heavy (non-hydrogen) atoms. The van der Waals surface area contributed by atoms with Crippen molar-refractivity contribution in [3.8, 4) is 0 Å². The minimum atomic E-state index is -0.687. The first kappa shape index (κ1) is 18.4. The van der Waals surface area contributed by atoms with Crippen LogP contribution in [-0.4, -0.2) is 16.1 Å². The summed E-state index contributed by atoms with van der Waals surface area (Å²) in [4.78, 5) is 24.6. The molecule has 2 aromatic carbocycles. The number of hydrogen-bond acceptors (Lipinski definition) is 7. The second-order valence-corrected chi connectivity index (χ2v) is 8.55. The number of nitrogens with zero attached hydrogens (tertiary/aromatic N) is 2. The van der Waals surface area contributed by atoms with Gasteiger partial charge in [-0.25, -0.2) is 4.79 Å². The van der Waals surface area contributed by atoms with Crippen LogP contribution in [0.25, 0.3) is 11.0 Å². The van der Waals surface area contributed by atoms with Crippen molar-refractivity contribution in [2.45, 2.75) is 16.5 Å². The van der Waals surface area contributed by atoms with E-state index in [2.05, 4.69) is 34.6 Å². The molecule has 0 aliphatic heterocycles. The zero-order chi connectivity index (χ0) is 19.5. The molecule has 6 nitrogen and oxygen atoms in total. The van der Waals surface area contributed by atoms with Gasteiger partial charge in [-0.3, -0.25) is 10.1 Å². The molecular formula is C20H15N3O3S2. The van der Waals surface area contributed by atoms with E-state index in [1.807, 2.05) is 24.3 Å². The summed E-state index contributed by atoms with van der Waals surface area (Å²) in [6, 6.07) is 18.6. The number of hydrogen-bond donors (Lipinski definition) is 1. The molecule has 0 unspecified atom stereocenters. The number of carbonyl (C=O) groups excluding carboxylic acids is 1. The van der Waals surface area contributed by atoms with Gasteiger partial charge in [-0.1, -0.05) is 71.6 Å². The van der Waals surface area contributed by atoms with Crippen molar-refractivity contribution in [2.24, 2.45) is 0 Å². The van der Waals surface area contributed by atoms with Gasteiger partial charge < -0.3 is 4.42 Å². The Hall–Kier alpha value is -2.97. The van der Waals surface area contributed by atoms with Crippen LogP contribution in [0.1, 0.15) is 28.1 Å². The molecule has 2 heterocycles. The first-order valence-electron chi connectivity index (χ1n) is 8.49.